The molecule has 0 unspecified atom stereocenters. The van der Waals surface area contributed by atoms with E-state index < -0.39 is 6.17 Å². The number of hydrogen-bond acceptors (Lipinski definition) is 7. The van der Waals surface area contributed by atoms with Gasteiger partial charge in [-0.3, -0.25) is 4.79 Å². The van der Waals surface area contributed by atoms with Crippen LogP contribution in [0.25, 0.3) is 22.5 Å². The van der Waals surface area contributed by atoms with Crippen LogP contribution >= 0.6 is 0 Å². The molecule has 4 heterocycles. The average Bonchev–Trinajstić information content (AvgIpc) is 3.05. The summed E-state index contributed by atoms with van der Waals surface area (Å²) in [6.07, 6.45) is 4.70. The molecular weight excluding hydrogens is 411 g/mol. The first-order valence-corrected chi connectivity index (χ1v) is 10.7. The third-order valence-electron chi connectivity index (χ3n) is 6.61. The third-order valence-corrected chi connectivity index (χ3v) is 6.61. The second-order valence-corrected chi connectivity index (χ2v) is 8.69. The summed E-state index contributed by atoms with van der Waals surface area (Å²) in [5.41, 5.74) is 1.78. The van der Waals surface area contributed by atoms with Crippen molar-refractivity contribution in [2.45, 2.75) is 43.6 Å². The van der Waals surface area contributed by atoms with Crippen LogP contribution in [0.5, 0.6) is 5.75 Å². The number of hydrogen-bond donors (Lipinski definition) is 2. The fraction of sp³-hybridized carbons (Fsp3) is 0.391. The number of aryl methyl sites for hydroxylation is 1. The maximum absolute atomic E-state index is 14.0. The normalized spacial score (nSPS) is 24.5. The van der Waals surface area contributed by atoms with E-state index in [0.29, 0.717) is 23.6 Å². The zero-order valence-corrected chi connectivity index (χ0v) is 17.9. The first kappa shape index (κ1) is 20.6. The number of nitrogens with zero attached hydrogens (tertiary/aromatic N) is 5. The number of rotatable bonds is 4. The summed E-state index contributed by atoms with van der Waals surface area (Å²) in [5.74, 6) is 0.936. The van der Waals surface area contributed by atoms with Gasteiger partial charge in [0.1, 0.15) is 11.9 Å². The number of aromatic hydroxyl groups is 1. The van der Waals surface area contributed by atoms with Crippen LogP contribution in [0.3, 0.4) is 0 Å². The highest BCUT2D eigenvalue weighted by atomic mass is 19.1. The Morgan fingerprint density at radius 1 is 1.16 bits per heavy atom. The van der Waals surface area contributed by atoms with Crippen molar-refractivity contribution < 1.29 is 9.50 Å². The van der Waals surface area contributed by atoms with Crippen LogP contribution in [-0.2, 0) is 7.05 Å². The Bertz CT molecular complexity index is 1200. The molecule has 2 aliphatic heterocycles. The smallest absolute Gasteiger partial charge is 0.250 e. The Labute approximate surface area is 184 Å². The van der Waals surface area contributed by atoms with Crippen LogP contribution in [0.15, 0.2) is 47.5 Å². The van der Waals surface area contributed by atoms with E-state index in [2.05, 4.69) is 20.5 Å². The minimum atomic E-state index is -0.783. The van der Waals surface area contributed by atoms with Crippen LogP contribution in [-0.4, -0.2) is 56.2 Å². The van der Waals surface area contributed by atoms with E-state index >= 15 is 0 Å². The van der Waals surface area contributed by atoms with E-state index in [9.17, 15) is 14.3 Å². The van der Waals surface area contributed by atoms with Gasteiger partial charge < -0.3 is 19.9 Å². The summed E-state index contributed by atoms with van der Waals surface area (Å²) in [4.78, 5) is 18.3. The van der Waals surface area contributed by atoms with Gasteiger partial charge in [-0.1, -0.05) is 6.07 Å². The molecule has 2 bridgehead atoms. The summed E-state index contributed by atoms with van der Waals surface area (Å²) in [7, 11) is 3.62. The summed E-state index contributed by atoms with van der Waals surface area (Å²) in [5, 5.41) is 22.4. The molecule has 166 valence electrons. The molecule has 4 atom stereocenters. The monoisotopic (exact) mass is 436 g/mol. The first-order valence-electron chi connectivity index (χ1n) is 10.7. The number of pyridine rings is 1. The number of phenols is 1. The zero-order chi connectivity index (χ0) is 22.4. The van der Waals surface area contributed by atoms with Crippen molar-refractivity contribution in [3.8, 4) is 28.3 Å². The first-order chi connectivity index (χ1) is 15.4. The molecule has 32 heavy (non-hydrogen) atoms. The topological polar surface area (TPSA) is 96.2 Å². The highest BCUT2D eigenvalue weighted by molar-refractivity contribution is 5.72. The number of halogens is 1. The molecule has 2 aromatic heterocycles. The van der Waals surface area contributed by atoms with Gasteiger partial charge in [0.2, 0.25) is 0 Å². The van der Waals surface area contributed by atoms with E-state index in [4.69, 9.17) is 0 Å². The second kappa shape index (κ2) is 7.98. The van der Waals surface area contributed by atoms with E-state index in [-0.39, 0.29) is 29.4 Å². The molecule has 2 saturated heterocycles. The third kappa shape index (κ3) is 3.73. The predicted octanol–water partition coefficient (Wildman–Crippen LogP) is 2.28. The van der Waals surface area contributed by atoms with E-state index in [1.807, 2.05) is 24.1 Å². The van der Waals surface area contributed by atoms with Gasteiger partial charge in [0.15, 0.2) is 11.6 Å². The number of benzene rings is 1. The molecule has 5 rings (SSSR count). The van der Waals surface area contributed by atoms with Crippen molar-refractivity contribution >= 4 is 5.82 Å². The minimum Gasteiger partial charge on any atom is -0.507 e. The SMILES string of the molecule is CN(c1cnc(-c2ccc(-c3ccn(C)c(=O)c3)cc2O)nn1)[C@H]1C[C@@H]2C[C@@H](F)[C@@H](C1)N2. The number of nitrogens with one attached hydrogen (secondary N) is 1. The average molecular weight is 436 g/mol. The Balaban J connectivity index is 1.34. The van der Waals surface area contributed by atoms with Gasteiger partial charge in [0.25, 0.3) is 5.56 Å². The van der Waals surface area contributed by atoms with Gasteiger partial charge in [-0.25, -0.2) is 9.37 Å². The summed E-state index contributed by atoms with van der Waals surface area (Å²) in [6.45, 7) is 0. The van der Waals surface area contributed by atoms with Crippen molar-refractivity contribution in [1.82, 2.24) is 25.1 Å². The Kier molecular flexibility index (Phi) is 5.13. The number of piperidine rings is 1. The lowest BCUT2D eigenvalue weighted by Crippen LogP contribution is -2.48. The lowest BCUT2D eigenvalue weighted by molar-refractivity contribution is 0.274. The van der Waals surface area contributed by atoms with Crippen LogP contribution in [0.4, 0.5) is 10.2 Å². The van der Waals surface area contributed by atoms with Crippen molar-refractivity contribution in [3.63, 3.8) is 0 Å². The van der Waals surface area contributed by atoms with Crippen molar-refractivity contribution in [2.24, 2.45) is 7.05 Å². The van der Waals surface area contributed by atoms with Crippen LogP contribution in [0, 0.1) is 0 Å². The molecule has 0 radical (unpaired) electrons. The van der Waals surface area contributed by atoms with E-state index in [0.717, 1.165) is 24.0 Å². The standard InChI is InChI=1S/C23H25FN6O2/c1-29-6-5-14(8-22(29)32)13-3-4-17(20(31)7-13)23-25-12-21(27-28-23)30(2)16-9-15-10-18(24)19(11-16)26-15/h3-8,12,15-16,18-19,26,31H,9-11H2,1-2H3/t15-,16+,18-,19-/m1/s1. The summed E-state index contributed by atoms with van der Waals surface area (Å²) < 4.78 is 15.5. The van der Waals surface area contributed by atoms with Crippen molar-refractivity contribution in [3.05, 3.63) is 53.1 Å². The van der Waals surface area contributed by atoms with Gasteiger partial charge in [0, 0.05) is 44.5 Å². The van der Waals surface area contributed by atoms with E-state index in [1.165, 1.54) is 10.6 Å². The molecule has 2 aliphatic rings. The molecular formula is C23H25FN6O2. The van der Waals surface area contributed by atoms with Gasteiger partial charge in [-0.05, 0) is 48.6 Å². The quantitative estimate of drug-likeness (QED) is 0.648. The highest BCUT2D eigenvalue weighted by Crippen LogP contribution is 2.34. The molecule has 2 fully saturated rings. The largest absolute Gasteiger partial charge is 0.507 e. The number of aromatic nitrogens is 4. The number of alkyl halides is 1. The molecule has 1 aromatic carbocycles. The van der Waals surface area contributed by atoms with Gasteiger partial charge >= 0.3 is 0 Å². The maximum Gasteiger partial charge on any atom is 0.250 e. The molecule has 0 saturated carbocycles. The second-order valence-electron chi connectivity index (χ2n) is 8.69. The van der Waals surface area contributed by atoms with Gasteiger partial charge in [0.05, 0.1) is 11.8 Å². The van der Waals surface area contributed by atoms with Crippen LogP contribution < -0.4 is 15.8 Å². The fourth-order valence-electron chi connectivity index (χ4n) is 4.69. The summed E-state index contributed by atoms with van der Waals surface area (Å²) in [6, 6.07) is 8.75. The van der Waals surface area contributed by atoms with Gasteiger partial charge in [-0.2, -0.15) is 0 Å². The number of anilines is 1. The van der Waals surface area contributed by atoms with Crippen molar-refractivity contribution in [1.29, 1.82) is 0 Å². The molecule has 3 aromatic rings. The highest BCUT2D eigenvalue weighted by Gasteiger charge is 2.42. The zero-order valence-electron chi connectivity index (χ0n) is 17.9. The van der Waals surface area contributed by atoms with Gasteiger partial charge in [-0.15, -0.1) is 10.2 Å². The Morgan fingerprint density at radius 2 is 1.97 bits per heavy atom. The number of phenolic OH excluding ortho intramolecular Hbond substituents is 1. The predicted molar refractivity (Wildman–Crippen MR) is 119 cm³/mol. The Hall–Kier alpha value is -3.33. The lowest BCUT2D eigenvalue weighted by Gasteiger charge is -2.35. The molecule has 8 nitrogen and oxygen atoms in total. The summed E-state index contributed by atoms with van der Waals surface area (Å²) >= 11 is 0. The Morgan fingerprint density at radius 3 is 2.66 bits per heavy atom. The minimum absolute atomic E-state index is 0.00926. The molecule has 0 spiro atoms. The molecule has 9 heteroatoms. The molecule has 2 N–H and O–H groups in total. The fourth-order valence-corrected chi connectivity index (χ4v) is 4.69. The van der Waals surface area contributed by atoms with Crippen molar-refractivity contribution in [2.75, 3.05) is 11.9 Å². The molecule has 0 amide bonds. The molecule has 0 aliphatic carbocycles. The lowest BCUT2D eigenvalue weighted by atomic mass is 9.98. The van der Waals surface area contributed by atoms with Crippen LogP contribution in [0.2, 0.25) is 0 Å². The number of fused-ring (bicyclic) bond motifs is 2. The van der Waals surface area contributed by atoms with Crippen LogP contribution in [0.1, 0.15) is 19.3 Å². The van der Waals surface area contributed by atoms with E-state index in [1.54, 1.807) is 31.6 Å². The maximum atomic E-state index is 14.0.